The number of ether oxygens (including phenoxy) is 1. The maximum atomic E-state index is 12.2. The van der Waals surface area contributed by atoms with E-state index in [1.165, 1.54) is 0 Å². The van der Waals surface area contributed by atoms with Gasteiger partial charge < -0.3 is 4.74 Å². The van der Waals surface area contributed by atoms with E-state index in [1.807, 2.05) is 0 Å². The van der Waals surface area contributed by atoms with Crippen LogP contribution in [0.3, 0.4) is 0 Å². The minimum atomic E-state index is -5.46. The third-order valence-electron chi connectivity index (χ3n) is 2.50. The molecule has 0 aliphatic rings. The Hall–Kier alpha value is -0.110. The van der Waals surface area contributed by atoms with Crippen LogP contribution in [-0.4, -0.2) is 30.8 Å². The van der Waals surface area contributed by atoms with E-state index in [1.54, 1.807) is 20.8 Å². The first-order chi connectivity index (χ1) is 7.80. The van der Waals surface area contributed by atoms with Crippen molar-refractivity contribution in [3.8, 4) is 0 Å². The highest BCUT2D eigenvalue weighted by Crippen LogP contribution is 2.37. The van der Waals surface area contributed by atoms with E-state index in [4.69, 9.17) is 0 Å². The van der Waals surface area contributed by atoms with Gasteiger partial charge in [0.2, 0.25) is 6.10 Å². The van der Waals surface area contributed by atoms with Crippen LogP contribution in [0.2, 0.25) is 0 Å². The van der Waals surface area contributed by atoms with Gasteiger partial charge in [-0.15, -0.1) is 0 Å². The molecular weight excluding hydrogens is 282 g/mol. The van der Waals surface area contributed by atoms with Crippen molar-refractivity contribution >= 4 is 12.6 Å². The van der Waals surface area contributed by atoms with E-state index in [0.29, 0.717) is 0 Å². The van der Waals surface area contributed by atoms with Gasteiger partial charge in [0.15, 0.2) is 0 Å². The molecule has 0 saturated heterocycles. The smallest absolute Gasteiger partial charge is 0.361 e. The van der Waals surface area contributed by atoms with Gasteiger partial charge in [0, 0.05) is 0 Å². The van der Waals surface area contributed by atoms with Crippen LogP contribution in [-0.2, 0) is 4.74 Å². The van der Waals surface area contributed by atoms with E-state index in [9.17, 15) is 26.3 Å². The van der Waals surface area contributed by atoms with Gasteiger partial charge in [0.25, 0.3) is 0 Å². The summed E-state index contributed by atoms with van der Waals surface area (Å²) in [5, 5.41) is 0. The Morgan fingerprint density at radius 3 is 1.56 bits per heavy atom. The Labute approximate surface area is 107 Å². The molecule has 1 unspecified atom stereocenters. The average Bonchev–Trinajstić information content (AvgIpc) is 2.05. The maximum absolute atomic E-state index is 12.2. The van der Waals surface area contributed by atoms with Gasteiger partial charge >= 0.3 is 12.4 Å². The van der Waals surface area contributed by atoms with E-state index < -0.39 is 36.4 Å². The second kappa shape index (κ2) is 5.90. The largest absolute Gasteiger partial charge is 0.423 e. The van der Waals surface area contributed by atoms with Gasteiger partial charge in [0.05, 0.1) is 6.61 Å². The predicted molar refractivity (Wildman–Crippen MR) is 58.6 cm³/mol. The topological polar surface area (TPSA) is 9.23 Å². The Balaban J connectivity index is 4.74. The monoisotopic (exact) mass is 298 g/mol. The summed E-state index contributed by atoms with van der Waals surface area (Å²) in [6, 6.07) is 0. The third-order valence-corrected chi connectivity index (χ3v) is 2.94. The van der Waals surface area contributed by atoms with Crippen LogP contribution in [0.15, 0.2) is 0 Å². The highest BCUT2D eigenvalue weighted by atomic mass is 32.1. The molecule has 0 aliphatic heterocycles. The lowest BCUT2D eigenvalue weighted by atomic mass is 9.82. The molecule has 0 heterocycles. The lowest BCUT2D eigenvalue weighted by molar-refractivity contribution is -0.324. The molecule has 0 aromatic carbocycles. The molecule has 0 amide bonds. The highest BCUT2D eigenvalue weighted by molar-refractivity contribution is 7.80. The summed E-state index contributed by atoms with van der Waals surface area (Å²) in [5.41, 5.74) is -0.483. The molecule has 0 N–H and O–H groups in total. The second-order valence-corrected chi connectivity index (χ2v) is 5.41. The highest BCUT2D eigenvalue weighted by Gasteiger charge is 2.58. The minimum Gasteiger partial charge on any atom is -0.361 e. The number of thiol groups is 1. The summed E-state index contributed by atoms with van der Waals surface area (Å²) in [5.74, 6) is -0.362. The zero-order chi connectivity index (χ0) is 14.8. The van der Waals surface area contributed by atoms with E-state index in [-0.39, 0.29) is 5.75 Å². The summed E-state index contributed by atoms with van der Waals surface area (Å²) in [7, 11) is 0. The lowest BCUT2D eigenvalue weighted by Gasteiger charge is -2.31. The normalized spacial score (nSPS) is 16.2. The molecule has 0 aromatic heterocycles. The van der Waals surface area contributed by atoms with Crippen molar-refractivity contribution in [3.63, 3.8) is 0 Å². The van der Waals surface area contributed by atoms with Gasteiger partial charge in [-0.05, 0) is 17.1 Å². The molecule has 0 aromatic rings. The van der Waals surface area contributed by atoms with Crippen LogP contribution in [0, 0.1) is 11.3 Å². The lowest BCUT2D eigenvalue weighted by Crippen LogP contribution is -2.46. The maximum Gasteiger partial charge on any atom is 0.423 e. The van der Waals surface area contributed by atoms with Crippen molar-refractivity contribution in [1.82, 2.24) is 0 Å². The van der Waals surface area contributed by atoms with Gasteiger partial charge in [-0.3, -0.25) is 0 Å². The minimum absolute atomic E-state index is 0.145. The van der Waals surface area contributed by atoms with Crippen LogP contribution >= 0.6 is 12.6 Å². The Kier molecular flexibility index (Phi) is 5.86. The molecule has 1 nitrogen and oxygen atoms in total. The summed E-state index contributed by atoms with van der Waals surface area (Å²) in [4.78, 5) is 0. The molecule has 0 rings (SSSR count). The number of halogens is 6. The van der Waals surface area contributed by atoms with Crippen LogP contribution in [0.1, 0.15) is 20.8 Å². The first-order valence-corrected chi connectivity index (χ1v) is 5.79. The molecule has 0 spiro atoms. The Bertz CT molecular complexity index is 241. The van der Waals surface area contributed by atoms with Crippen LogP contribution in [0.25, 0.3) is 0 Å². The first kappa shape index (κ1) is 17.9. The van der Waals surface area contributed by atoms with E-state index in [0.717, 1.165) is 0 Å². The third kappa shape index (κ3) is 5.69. The van der Waals surface area contributed by atoms with Gasteiger partial charge in [-0.2, -0.15) is 39.0 Å². The number of hydrogen-bond acceptors (Lipinski definition) is 2. The Morgan fingerprint density at radius 2 is 1.33 bits per heavy atom. The number of rotatable bonds is 4. The van der Waals surface area contributed by atoms with Crippen molar-refractivity contribution in [1.29, 1.82) is 0 Å². The fourth-order valence-corrected chi connectivity index (χ4v) is 1.82. The fraction of sp³-hybridized carbons (Fsp3) is 1.00. The average molecular weight is 298 g/mol. The van der Waals surface area contributed by atoms with Crippen LogP contribution in [0.4, 0.5) is 26.3 Å². The zero-order valence-electron chi connectivity index (χ0n) is 10.2. The Morgan fingerprint density at radius 1 is 0.944 bits per heavy atom. The molecule has 0 saturated carbocycles. The van der Waals surface area contributed by atoms with E-state index in [2.05, 4.69) is 17.4 Å². The predicted octanol–water partition coefficient (Wildman–Crippen LogP) is 4.09. The molecule has 1 atom stereocenters. The van der Waals surface area contributed by atoms with Gasteiger partial charge in [-0.25, -0.2) is 0 Å². The number of alkyl halides is 6. The second-order valence-electron chi connectivity index (χ2n) is 5.04. The van der Waals surface area contributed by atoms with Gasteiger partial charge in [0.1, 0.15) is 0 Å². The molecule has 0 aliphatic carbocycles. The first-order valence-electron chi connectivity index (χ1n) is 5.16. The van der Waals surface area contributed by atoms with E-state index >= 15 is 0 Å². The summed E-state index contributed by atoms with van der Waals surface area (Å²) in [6.07, 6.45) is -14.7. The van der Waals surface area contributed by atoms with Crippen molar-refractivity contribution in [2.24, 2.45) is 11.3 Å². The standard InChI is InChI=1S/C10H16F6OS/c1-8(2,3)6(5-18)4-17-7(9(11,12)13)10(14,15)16/h6-7,18H,4-5H2,1-3H3. The SMILES string of the molecule is CC(C)(C)C(CS)COC(C(F)(F)F)C(F)(F)F. The summed E-state index contributed by atoms with van der Waals surface area (Å²) in [6.45, 7) is 4.46. The molecule has 18 heavy (non-hydrogen) atoms. The molecule has 0 fully saturated rings. The zero-order valence-corrected chi connectivity index (χ0v) is 11.1. The molecular formula is C10H16F6OS. The molecule has 110 valence electrons. The fourth-order valence-electron chi connectivity index (χ4n) is 1.16. The van der Waals surface area contributed by atoms with Crippen molar-refractivity contribution in [3.05, 3.63) is 0 Å². The quantitative estimate of drug-likeness (QED) is 0.607. The van der Waals surface area contributed by atoms with Crippen molar-refractivity contribution < 1.29 is 31.1 Å². The molecule has 0 bridgehead atoms. The van der Waals surface area contributed by atoms with Crippen molar-refractivity contribution in [2.45, 2.75) is 39.2 Å². The van der Waals surface area contributed by atoms with Crippen molar-refractivity contribution in [2.75, 3.05) is 12.4 Å². The summed E-state index contributed by atoms with van der Waals surface area (Å²) >= 11 is 3.91. The van der Waals surface area contributed by atoms with Crippen LogP contribution in [0.5, 0.6) is 0 Å². The summed E-state index contributed by atoms with van der Waals surface area (Å²) < 4.78 is 77.3. The van der Waals surface area contributed by atoms with Gasteiger partial charge in [-0.1, -0.05) is 20.8 Å². The van der Waals surface area contributed by atoms with Crippen LogP contribution < -0.4 is 0 Å². The molecule has 8 heteroatoms. The molecule has 0 radical (unpaired) electrons. The number of hydrogen-bond donors (Lipinski definition) is 1.